The van der Waals surface area contributed by atoms with Gasteiger partial charge in [-0.15, -0.1) is 0 Å². The van der Waals surface area contributed by atoms with Crippen molar-refractivity contribution in [1.29, 1.82) is 0 Å². The van der Waals surface area contributed by atoms with Gasteiger partial charge in [0.1, 0.15) is 6.61 Å². The Balaban J connectivity index is 1.59. The van der Waals surface area contributed by atoms with Crippen LogP contribution in [0.25, 0.3) is 0 Å². The lowest BCUT2D eigenvalue weighted by Crippen LogP contribution is -2.41. The summed E-state index contributed by atoms with van der Waals surface area (Å²) < 4.78 is 11.0. The number of benzene rings is 2. The molecule has 2 N–H and O–H groups in total. The minimum Gasteiger partial charge on any atom is -0.481 e. The van der Waals surface area contributed by atoms with E-state index in [0.29, 0.717) is 11.1 Å². The van der Waals surface area contributed by atoms with Crippen molar-refractivity contribution in [2.75, 3.05) is 13.2 Å². The minimum atomic E-state index is -0.862. The molecule has 2 aromatic carbocycles. The fourth-order valence-electron chi connectivity index (χ4n) is 4.14. The molecule has 0 heterocycles. The highest BCUT2D eigenvalue weighted by Crippen LogP contribution is 2.38. The molecule has 7 heteroatoms. The summed E-state index contributed by atoms with van der Waals surface area (Å²) in [5.74, 6) is -1.37. The van der Waals surface area contributed by atoms with Crippen LogP contribution in [-0.4, -0.2) is 36.3 Å². The largest absolute Gasteiger partial charge is 0.481 e. The SMILES string of the molecule is O=C(O)CC1(CNC(=O)OCC(OC(=O)c2ccccc2)c2ccccc2)CCCCC1. The number of hydrogen-bond donors (Lipinski definition) is 2. The molecule has 2 aromatic rings. The quantitative estimate of drug-likeness (QED) is 0.548. The van der Waals surface area contributed by atoms with Crippen LogP contribution in [0.15, 0.2) is 60.7 Å². The van der Waals surface area contributed by atoms with Crippen molar-refractivity contribution >= 4 is 18.0 Å². The molecule has 3 rings (SSSR count). The molecule has 32 heavy (non-hydrogen) atoms. The Morgan fingerprint density at radius 3 is 2.19 bits per heavy atom. The van der Waals surface area contributed by atoms with Crippen molar-refractivity contribution in [2.24, 2.45) is 5.41 Å². The highest BCUT2D eigenvalue weighted by Gasteiger charge is 2.35. The van der Waals surface area contributed by atoms with Gasteiger partial charge in [0.25, 0.3) is 0 Å². The van der Waals surface area contributed by atoms with E-state index < -0.39 is 29.6 Å². The minimum absolute atomic E-state index is 0.0224. The van der Waals surface area contributed by atoms with Crippen LogP contribution < -0.4 is 5.32 Å². The van der Waals surface area contributed by atoms with Crippen LogP contribution in [0.4, 0.5) is 4.79 Å². The van der Waals surface area contributed by atoms with Crippen LogP contribution in [0.5, 0.6) is 0 Å². The molecule has 1 aliphatic carbocycles. The molecule has 170 valence electrons. The number of nitrogens with one attached hydrogen (secondary N) is 1. The maximum Gasteiger partial charge on any atom is 0.407 e. The van der Waals surface area contributed by atoms with Crippen LogP contribution in [0.2, 0.25) is 0 Å². The van der Waals surface area contributed by atoms with Crippen LogP contribution in [-0.2, 0) is 14.3 Å². The number of carboxylic acid groups (broad SMARTS) is 1. The van der Waals surface area contributed by atoms with Gasteiger partial charge in [-0.05, 0) is 36.0 Å². The van der Waals surface area contributed by atoms with Gasteiger partial charge in [-0.25, -0.2) is 9.59 Å². The summed E-state index contributed by atoms with van der Waals surface area (Å²) in [6.45, 7) is 0.0955. The lowest BCUT2D eigenvalue weighted by Gasteiger charge is -2.36. The Morgan fingerprint density at radius 2 is 1.56 bits per heavy atom. The van der Waals surface area contributed by atoms with E-state index >= 15 is 0 Å². The molecule has 0 spiro atoms. The zero-order chi connectivity index (χ0) is 22.8. The molecule has 0 saturated heterocycles. The van der Waals surface area contributed by atoms with Gasteiger partial charge in [-0.3, -0.25) is 4.79 Å². The highest BCUT2D eigenvalue weighted by atomic mass is 16.6. The number of esters is 1. The molecular formula is C25H29NO6. The van der Waals surface area contributed by atoms with Gasteiger partial charge in [0, 0.05) is 6.54 Å². The van der Waals surface area contributed by atoms with Crippen molar-refractivity contribution < 1.29 is 29.0 Å². The number of carbonyl (C=O) groups excluding carboxylic acids is 2. The predicted molar refractivity (Wildman–Crippen MR) is 118 cm³/mol. The molecule has 0 bridgehead atoms. The summed E-state index contributed by atoms with van der Waals surface area (Å²) in [7, 11) is 0. The van der Waals surface area contributed by atoms with Crippen LogP contribution in [0.1, 0.15) is 60.6 Å². The maximum atomic E-state index is 12.5. The number of aliphatic carboxylic acids is 1. The molecule has 1 fully saturated rings. The zero-order valence-corrected chi connectivity index (χ0v) is 18.0. The van der Waals surface area contributed by atoms with Gasteiger partial charge in [-0.1, -0.05) is 67.8 Å². The van der Waals surface area contributed by atoms with Crippen molar-refractivity contribution in [2.45, 2.75) is 44.6 Å². The number of hydrogen-bond acceptors (Lipinski definition) is 5. The van der Waals surface area contributed by atoms with Crippen LogP contribution >= 0.6 is 0 Å². The average Bonchev–Trinajstić information content (AvgIpc) is 2.81. The van der Waals surface area contributed by atoms with E-state index in [1.165, 1.54) is 0 Å². The van der Waals surface area contributed by atoms with Crippen molar-refractivity contribution in [3.05, 3.63) is 71.8 Å². The Bertz CT molecular complexity index is 893. The number of amides is 1. The lowest BCUT2D eigenvalue weighted by molar-refractivity contribution is -0.140. The van der Waals surface area contributed by atoms with E-state index in [2.05, 4.69) is 5.32 Å². The number of rotatable bonds is 9. The second-order valence-corrected chi connectivity index (χ2v) is 8.25. The van der Waals surface area contributed by atoms with Gasteiger partial charge >= 0.3 is 18.0 Å². The smallest absolute Gasteiger partial charge is 0.407 e. The molecule has 1 amide bonds. The van der Waals surface area contributed by atoms with Gasteiger partial charge in [0.05, 0.1) is 12.0 Å². The van der Waals surface area contributed by atoms with Gasteiger partial charge < -0.3 is 19.9 Å². The Hall–Kier alpha value is -3.35. The normalized spacial score (nSPS) is 15.9. The topological polar surface area (TPSA) is 102 Å². The summed E-state index contributed by atoms with van der Waals surface area (Å²) in [6, 6.07) is 17.7. The van der Waals surface area contributed by atoms with E-state index in [-0.39, 0.29) is 19.6 Å². The van der Waals surface area contributed by atoms with E-state index in [9.17, 15) is 19.5 Å². The summed E-state index contributed by atoms with van der Waals surface area (Å²) in [5, 5.41) is 12.0. The lowest BCUT2D eigenvalue weighted by atomic mass is 9.72. The van der Waals surface area contributed by atoms with Gasteiger partial charge in [0.2, 0.25) is 0 Å². The molecule has 1 unspecified atom stereocenters. The van der Waals surface area contributed by atoms with Crippen molar-refractivity contribution in [3.8, 4) is 0 Å². The molecule has 0 aliphatic heterocycles. The molecule has 1 aliphatic rings. The van der Waals surface area contributed by atoms with Crippen molar-refractivity contribution in [3.63, 3.8) is 0 Å². The third kappa shape index (κ3) is 6.83. The van der Waals surface area contributed by atoms with Gasteiger partial charge in [0.15, 0.2) is 6.10 Å². The molecule has 1 saturated carbocycles. The summed E-state index contributed by atoms with van der Waals surface area (Å²) in [4.78, 5) is 36.2. The summed E-state index contributed by atoms with van der Waals surface area (Å²) >= 11 is 0. The van der Waals surface area contributed by atoms with E-state index in [1.807, 2.05) is 24.3 Å². The first-order valence-corrected chi connectivity index (χ1v) is 10.9. The fourth-order valence-corrected chi connectivity index (χ4v) is 4.14. The third-order valence-electron chi connectivity index (χ3n) is 5.84. The monoisotopic (exact) mass is 439 g/mol. The predicted octanol–water partition coefficient (Wildman–Crippen LogP) is 4.74. The summed E-state index contributed by atoms with van der Waals surface area (Å²) in [5.41, 5.74) is 0.673. The first-order chi connectivity index (χ1) is 15.5. The Morgan fingerprint density at radius 1 is 0.938 bits per heavy atom. The Labute approximate surface area is 187 Å². The number of carboxylic acids is 1. The molecule has 1 atom stereocenters. The number of carbonyl (C=O) groups is 3. The highest BCUT2D eigenvalue weighted by molar-refractivity contribution is 5.89. The third-order valence-corrected chi connectivity index (χ3v) is 5.84. The first-order valence-electron chi connectivity index (χ1n) is 10.9. The average molecular weight is 440 g/mol. The zero-order valence-electron chi connectivity index (χ0n) is 18.0. The van der Waals surface area contributed by atoms with Gasteiger partial charge in [-0.2, -0.15) is 0 Å². The van der Waals surface area contributed by atoms with Crippen molar-refractivity contribution in [1.82, 2.24) is 5.32 Å². The van der Waals surface area contributed by atoms with E-state index in [4.69, 9.17) is 9.47 Å². The molecule has 0 radical (unpaired) electrons. The Kier molecular flexibility index (Phi) is 8.25. The molecule has 0 aromatic heterocycles. The molecular weight excluding hydrogens is 410 g/mol. The molecule has 7 nitrogen and oxygen atoms in total. The van der Waals surface area contributed by atoms with E-state index in [0.717, 1.165) is 32.1 Å². The maximum absolute atomic E-state index is 12.5. The van der Waals surface area contributed by atoms with E-state index in [1.54, 1.807) is 36.4 Å². The summed E-state index contributed by atoms with van der Waals surface area (Å²) in [6.07, 6.45) is 3.12. The van der Waals surface area contributed by atoms with Crippen LogP contribution in [0, 0.1) is 5.41 Å². The number of ether oxygens (including phenoxy) is 2. The second-order valence-electron chi connectivity index (χ2n) is 8.25. The first kappa shape index (κ1) is 23.3. The standard InChI is InChI=1S/C25H29NO6/c27-22(28)16-25(14-8-3-9-15-25)18-26-24(30)31-17-21(19-10-4-1-5-11-19)32-23(29)20-12-6-2-7-13-20/h1-2,4-7,10-13,21H,3,8-9,14-18H2,(H,26,30)(H,27,28). The number of alkyl carbamates (subject to hydrolysis) is 1. The fraction of sp³-hybridized carbons (Fsp3) is 0.400. The van der Waals surface area contributed by atoms with Crippen LogP contribution in [0.3, 0.4) is 0 Å². The second kappa shape index (κ2) is 11.3.